The Morgan fingerprint density at radius 3 is 2.41 bits per heavy atom. The van der Waals surface area contributed by atoms with Crippen LogP contribution in [-0.4, -0.2) is 24.0 Å². The number of rotatable bonds is 12. The van der Waals surface area contributed by atoms with Gasteiger partial charge >= 0.3 is 5.97 Å². The molecule has 0 unspecified atom stereocenters. The highest BCUT2D eigenvalue weighted by atomic mass is 16.5. The topological polar surface area (TPSA) is 72.8 Å². The molecule has 156 valence electrons. The van der Waals surface area contributed by atoms with E-state index in [1.165, 1.54) is 25.7 Å². The van der Waals surface area contributed by atoms with Gasteiger partial charge in [-0.2, -0.15) is 0 Å². The Labute approximate surface area is 172 Å². The molecule has 2 aromatic rings. The lowest BCUT2D eigenvalue weighted by Gasteiger charge is -2.14. The maximum Gasteiger partial charge on any atom is 0.342 e. The minimum Gasteiger partial charge on any atom is -0.508 e. The first-order valence-corrected chi connectivity index (χ1v) is 10.2. The van der Waals surface area contributed by atoms with Gasteiger partial charge in [-0.25, -0.2) is 4.79 Å². The third-order valence-corrected chi connectivity index (χ3v) is 4.75. The number of phenolic OH excluding ortho intramolecular Hbond substituents is 1. The predicted molar refractivity (Wildman–Crippen MR) is 112 cm³/mol. The van der Waals surface area contributed by atoms with Gasteiger partial charge in [-0.15, -0.1) is 0 Å². The Morgan fingerprint density at radius 2 is 1.72 bits per heavy atom. The van der Waals surface area contributed by atoms with Gasteiger partial charge in [-0.1, -0.05) is 62.9 Å². The van der Waals surface area contributed by atoms with Crippen molar-refractivity contribution in [3.63, 3.8) is 0 Å². The second kappa shape index (κ2) is 11.9. The van der Waals surface area contributed by atoms with E-state index in [0.29, 0.717) is 12.0 Å². The molecule has 0 saturated heterocycles. The van der Waals surface area contributed by atoms with Gasteiger partial charge in [0.25, 0.3) is 0 Å². The number of phenols is 1. The van der Waals surface area contributed by atoms with Gasteiger partial charge < -0.3 is 14.6 Å². The summed E-state index contributed by atoms with van der Waals surface area (Å²) < 4.78 is 10.7. The standard InChI is InChI=1S/C24H30O5/c1-3-4-5-6-10-13-20(25)14-19-15-21(26)16-22(28-2)23(19)24(27)29-17-18-11-8-7-9-12-18/h7-9,11-12,15-16,26H,3-6,10,13-14,17H2,1-2H3. The number of ketones is 1. The Balaban J connectivity index is 2.09. The molecular formula is C24H30O5. The molecule has 2 aromatic carbocycles. The molecule has 0 radical (unpaired) electrons. The minimum absolute atomic E-state index is 0.0336. The summed E-state index contributed by atoms with van der Waals surface area (Å²) in [6.45, 7) is 2.27. The molecule has 2 rings (SSSR count). The van der Waals surface area contributed by atoms with Crippen molar-refractivity contribution < 1.29 is 24.2 Å². The summed E-state index contributed by atoms with van der Waals surface area (Å²) in [5.74, 6) is -0.385. The maximum atomic E-state index is 12.7. The zero-order chi connectivity index (χ0) is 21.1. The average molecular weight is 398 g/mol. The van der Waals surface area contributed by atoms with Gasteiger partial charge in [-0.05, 0) is 23.6 Å². The monoisotopic (exact) mass is 398 g/mol. The Hall–Kier alpha value is -2.82. The second-order valence-corrected chi connectivity index (χ2v) is 7.12. The molecule has 0 fully saturated rings. The number of benzene rings is 2. The van der Waals surface area contributed by atoms with Crippen LogP contribution >= 0.6 is 0 Å². The normalized spacial score (nSPS) is 10.6. The predicted octanol–water partition coefficient (Wildman–Crippen LogP) is 5.23. The van der Waals surface area contributed by atoms with Crippen molar-refractivity contribution in [3.05, 3.63) is 59.2 Å². The van der Waals surface area contributed by atoms with Gasteiger partial charge in [0.2, 0.25) is 0 Å². The fourth-order valence-electron chi connectivity index (χ4n) is 3.21. The van der Waals surface area contributed by atoms with E-state index in [-0.39, 0.29) is 35.9 Å². The summed E-state index contributed by atoms with van der Waals surface area (Å²) in [4.78, 5) is 25.2. The van der Waals surface area contributed by atoms with Crippen LogP contribution in [0.3, 0.4) is 0 Å². The molecule has 5 heteroatoms. The number of carbonyl (C=O) groups excluding carboxylic acids is 2. The Morgan fingerprint density at radius 1 is 1.00 bits per heavy atom. The third kappa shape index (κ3) is 7.26. The molecular weight excluding hydrogens is 368 g/mol. The fraction of sp³-hybridized carbons (Fsp3) is 0.417. The lowest BCUT2D eigenvalue weighted by molar-refractivity contribution is -0.118. The summed E-state index contributed by atoms with van der Waals surface area (Å²) in [6, 6.07) is 12.2. The third-order valence-electron chi connectivity index (χ3n) is 4.75. The van der Waals surface area contributed by atoms with E-state index in [1.807, 2.05) is 30.3 Å². The Kier molecular flexibility index (Phi) is 9.22. The number of aromatic hydroxyl groups is 1. The zero-order valence-electron chi connectivity index (χ0n) is 17.3. The van der Waals surface area contributed by atoms with Gasteiger partial charge in [0.05, 0.1) is 7.11 Å². The van der Waals surface area contributed by atoms with Gasteiger partial charge in [0.15, 0.2) is 0 Å². The molecule has 0 bridgehead atoms. The molecule has 0 aliphatic carbocycles. The summed E-state index contributed by atoms with van der Waals surface area (Å²) in [5, 5.41) is 9.98. The highest BCUT2D eigenvalue weighted by Crippen LogP contribution is 2.30. The molecule has 0 spiro atoms. The molecule has 29 heavy (non-hydrogen) atoms. The molecule has 0 atom stereocenters. The van der Waals surface area contributed by atoms with Crippen LogP contribution in [0.1, 0.15) is 66.9 Å². The first kappa shape index (κ1) is 22.5. The molecule has 0 aliphatic heterocycles. The number of esters is 1. The zero-order valence-corrected chi connectivity index (χ0v) is 17.3. The average Bonchev–Trinajstić information content (AvgIpc) is 2.72. The van der Waals surface area contributed by atoms with E-state index in [0.717, 1.165) is 31.2 Å². The first-order chi connectivity index (χ1) is 14.0. The minimum atomic E-state index is -0.573. The number of carbonyl (C=O) groups is 2. The lowest BCUT2D eigenvalue weighted by Crippen LogP contribution is -2.13. The number of methoxy groups -OCH3 is 1. The molecule has 5 nitrogen and oxygen atoms in total. The van der Waals surface area contributed by atoms with Crippen LogP contribution in [0.25, 0.3) is 0 Å². The van der Waals surface area contributed by atoms with Crippen molar-refractivity contribution in [3.8, 4) is 11.5 Å². The van der Waals surface area contributed by atoms with Crippen molar-refractivity contribution in [2.24, 2.45) is 0 Å². The van der Waals surface area contributed by atoms with E-state index in [4.69, 9.17) is 9.47 Å². The highest BCUT2D eigenvalue weighted by molar-refractivity contribution is 5.96. The second-order valence-electron chi connectivity index (χ2n) is 7.12. The van der Waals surface area contributed by atoms with Crippen LogP contribution in [0.15, 0.2) is 42.5 Å². The van der Waals surface area contributed by atoms with Crippen molar-refractivity contribution in [2.75, 3.05) is 7.11 Å². The van der Waals surface area contributed by atoms with Gasteiger partial charge in [-0.3, -0.25) is 4.79 Å². The molecule has 0 aliphatic rings. The van der Waals surface area contributed by atoms with E-state index < -0.39 is 5.97 Å². The van der Waals surface area contributed by atoms with Crippen LogP contribution in [0, 0.1) is 0 Å². The van der Waals surface area contributed by atoms with Crippen molar-refractivity contribution >= 4 is 11.8 Å². The highest BCUT2D eigenvalue weighted by Gasteiger charge is 2.22. The van der Waals surface area contributed by atoms with Crippen LogP contribution in [0.5, 0.6) is 11.5 Å². The largest absolute Gasteiger partial charge is 0.508 e. The van der Waals surface area contributed by atoms with Crippen LogP contribution in [-0.2, 0) is 22.6 Å². The van der Waals surface area contributed by atoms with Gasteiger partial charge in [0, 0.05) is 18.9 Å². The first-order valence-electron chi connectivity index (χ1n) is 10.2. The van der Waals surface area contributed by atoms with Crippen LogP contribution in [0.2, 0.25) is 0 Å². The molecule has 0 saturated carbocycles. The van der Waals surface area contributed by atoms with Gasteiger partial charge in [0.1, 0.15) is 29.5 Å². The molecule has 0 aromatic heterocycles. The summed E-state index contributed by atoms with van der Waals surface area (Å²) >= 11 is 0. The smallest absolute Gasteiger partial charge is 0.342 e. The fourth-order valence-corrected chi connectivity index (χ4v) is 3.21. The number of hydrogen-bond acceptors (Lipinski definition) is 5. The maximum absolute atomic E-state index is 12.7. The summed E-state index contributed by atoms with van der Waals surface area (Å²) in [7, 11) is 1.42. The Bertz CT molecular complexity index is 798. The summed E-state index contributed by atoms with van der Waals surface area (Å²) in [6.07, 6.45) is 5.84. The van der Waals surface area contributed by atoms with Crippen LogP contribution in [0.4, 0.5) is 0 Å². The summed E-state index contributed by atoms with van der Waals surface area (Å²) in [5.41, 5.74) is 1.49. The number of ether oxygens (including phenoxy) is 2. The molecule has 0 heterocycles. The van der Waals surface area contributed by atoms with Crippen LogP contribution < -0.4 is 4.74 Å². The lowest BCUT2D eigenvalue weighted by atomic mass is 9.98. The van der Waals surface area contributed by atoms with Crippen molar-refractivity contribution in [2.45, 2.75) is 58.5 Å². The van der Waals surface area contributed by atoms with E-state index in [2.05, 4.69) is 6.92 Å². The van der Waals surface area contributed by atoms with E-state index in [1.54, 1.807) is 0 Å². The number of unbranched alkanes of at least 4 members (excludes halogenated alkanes) is 4. The quantitative estimate of drug-likeness (QED) is 0.391. The molecule has 0 amide bonds. The van der Waals surface area contributed by atoms with E-state index >= 15 is 0 Å². The van der Waals surface area contributed by atoms with Crippen molar-refractivity contribution in [1.82, 2.24) is 0 Å². The van der Waals surface area contributed by atoms with Crippen molar-refractivity contribution in [1.29, 1.82) is 0 Å². The molecule has 1 N–H and O–H groups in total. The SMILES string of the molecule is CCCCCCCC(=O)Cc1cc(O)cc(OC)c1C(=O)OCc1ccccc1. The number of hydrogen-bond donors (Lipinski definition) is 1. The van der Waals surface area contributed by atoms with E-state index in [9.17, 15) is 14.7 Å². The number of Topliss-reactive ketones (excluding diaryl/α,β-unsaturated/α-hetero) is 1.